The van der Waals surface area contributed by atoms with Crippen LogP contribution in [-0.4, -0.2) is 19.9 Å². The Morgan fingerprint density at radius 2 is 2.00 bits per heavy atom. The molecule has 1 aliphatic rings. The van der Waals surface area contributed by atoms with Gasteiger partial charge in [0.05, 0.1) is 7.11 Å². The fourth-order valence-corrected chi connectivity index (χ4v) is 2.54. The number of esters is 1. The molecule has 6 nitrogen and oxygen atoms in total. The summed E-state index contributed by atoms with van der Waals surface area (Å²) in [4.78, 5) is 12.0. The van der Waals surface area contributed by atoms with Crippen molar-refractivity contribution in [3.05, 3.63) is 54.3 Å². The Hall–Kier alpha value is -3.41. The third kappa shape index (κ3) is 3.01. The zero-order valence-corrected chi connectivity index (χ0v) is 13.4. The molecule has 0 radical (unpaired) electrons. The van der Waals surface area contributed by atoms with Gasteiger partial charge in [-0.1, -0.05) is 12.1 Å². The van der Waals surface area contributed by atoms with E-state index < -0.39 is 5.97 Å². The van der Waals surface area contributed by atoms with Gasteiger partial charge in [0.1, 0.15) is 11.5 Å². The van der Waals surface area contributed by atoms with Crippen molar-refractivity contribution in [3.8, 4) is 23.0 Å². The standard InChI is InChI=1S/C19H14O6/c1-21-16-4-2-3-12-9-13(25-19(12)16)6-8-18(20)24-14-5-7-15-17(10-14)23-11-22-15/h2-10H,11H2,1H3/b8-6+. The molecule has 126 valence electrons. The molecule has 0 spiro atoms. The third-order valence-corrected chi connectivity index (χ3v) is 3.69. The Labute approximate surface area is 143 Å². The number of hydrogen-bond acceptors (Lipinski definition) is 6. The van der Waals surface area contributed by atoms with Crippen molar-refractivity contribution in [1.82, 2.24) is 0 Å². The smallest absolute Gasteiger partial charge is 0.336 e. The molecular formula is C19H14O6. The normalized spacial score (nSPS) is 12.7. The SMILES string of the molecule is COc1cccc2cc(/C=C/C(=O)Oc3ccc4c(c3)OCO4)oc12. The second-order valence-electron chi connectivity index (χ2n) is 5.30. The summed E-state index contributed by atoms with van der Waals surface area (Å²) in [7, 11) is 1.58. The predicted octanol–water partition coefficient (Wildman–Crippen LogP) is 3.79. The number of para-hydroxylation sites is 1. The van der Waals surface area contributed by atoms with Crippen LogP contribution in [0.1, 0.15) is 5.76 Å². The first-order chi connectivity index (χ1) is 12.2. The van der Waals surface area contributed by atoms with Crippen LogP contribution in [0.25, 0.3) is 17.0 Å². The van der Waals surface area contributed by atoms with Gasteiger partial charge in [-0.25, -0.2) is 4.79 Å². The number of carbonyl (C=O) groups is 1. The van der Waals surface area contributed by atoms with E-state index in [1.165, 1.54) is 6.08 Å². The molecule has 0 saturated heterocycles. The van der Waals surface area contributed by atoms with E-state index in [2.05, 4.69) is 0 Å². The molecule has 0 saturated carbocycles. The Bertz CT molecular complexity index is 969. The monoisotopic (exact) mass is 338 g/mol. The molecule has 0 fully saturated rings. The van der Waals surface area contributed by atoms with E-state index in [0.717, 1.165) is 5.39 Å². The van der Waals surface area contributed by atoms with Gasteiger partial charge in [0.25, 0.3) is 0 Å². The lowest BCUT2D eigenvalue weighted by atomic mass is 10.2. The zero-order chi connectivity index (χ0) is 17.2. The van der Waals surface area contributed by atoms with Crippen LogP contribution in [0.2, 0.25) is 0 Å². The van der Waals surface area contributed by atoms with Crippen LogP contribution < -0.4 is 18.9 Å². The summed E-state index contributed by atoms with van der Waals surface area (Å²) in [5.74, 6) is 2.21. The van der Waals surface area contributed by atoms with Crippen LogP contribution in [0, 0.1) is 0 Å². The van der Waals surface area contributed by atoms with Crippen LogP contribution in [0.3, 0.4) is 0 Å². The minimum absolute atomic E-state index is 0.169. The number of benzene rings is 2. The van der Waals surface area contributed by atoms with E-state index >= 15 is 0 Å². The third-order valence-electron chi connectivity index (χ3n) is 3.69. The van der Waals surface area contributed by atoms with Gasteiger partial charge in [0.15, 0.2) is 22.8 Å². The summed E-state index contributed by atoms with van der Waals surface area (Å²) in [5, 5.41) is 0.892. The van der Waals surface area contributed by atoms with Gasteiger partial charge in [0.2, 0.25) is 6.79 Å². The highest BCUT2D eigenvalue weighted by molar-refractivity contribution is 5.90. The van der Waals surface area contributed by atoms with Crippen LogP contribution in [0.15, 0.2) is 53.0 Å². The number of ether oxygens (including phenoxy) is 4. The van der Waals surface area contributed by atoms with Crippen LogP contribution >= 0.6 is 0 Å². The van der Waals surface area contributed by atoms with Gasteiger partial charge in [-0.3, -0.25) is 0 Å². The van der Waals surface area contributed by atoms with E-state index in [0.29, 0.717) is 34.3 Å². The van der Waals surface area contributed by atoms with Gasteiger partial charge in [0, 0.05) is 17.5 Å². The Balaban J connectivity index is 1.49. The first-order valence-corrected chi connectivity index (χ1v) is 7.59. The fourth-order valence-electron chi connectivity index (χ4n) is 2.54. The molecule has 0 unspecified atom stereocenters. The lowest BCUT2D eigenvalue weighted by Crippen LogP contribution is -2.03. The number of fused-ring (bicyclic) bond motifs is 2. The first-order valence-electron chi connectivity index (χ1n) is 7.59. The molecule has 0 bridgehead atoms. The molecule has 4 rings (SSSR count). The average Bonchev–Trinajstić information content (AvgIpc) is 3.25. The van der Waals surface area contributed by atoms with Crippen LogP contribution in [-0.2, 0) is 4.79 Å². The number of rotatable bonds is 4. The fraction of sp³-hybridized carbons (Fsp3) is 0.105. The Morgan fingerprint density at radius 3 is 2.88 bits per heavy atom. The Kier molecular flexibility index (Phi) is 3.78. The first kappa shape index (κ1) is 15.1. The summed E-state index contributed by atoms with van der Waals surface area (Å²) in [6.07, 6.45) is 2.85. The summed E-state index contributed by atoms with van der Waals surface area (Å²) >= 11 is 0. The zero-order valence-electron chi connectivity index (χ0n) is 13.4. The highest BCUT2D eigenvalue weighted by Gasteiger charge is 2.14. The van der Waals surface area contributed by atoms with Crippen molar-refractivity contribution in [2.45, 2.75) is 0 Å². The number of furan rings is 1. The number of hydrogen-bond donors (Lipinski definition) is 0. The molecule has 0 aliphatic carbocycles. The molecule has 1 aliphatic heterocycles. The Morgan fingerprint density at radius 1 is 1.12 bits per heavy atom. The molecule has 6 heteroatoms. The molecule has 3 aromatic rings. The second-order valence-corrected chi connectivity index (χ2v) is 5.30. The van der Waals surface area contributed by atoms with Crippen LogP contribution in [0.4, 0.5) is 0 Å². The molecule has 2 heterocycles. The highest BCUT2D eigenvalue weighted by Crippen LogP contribution is 2.35. The van der Waals surface area contributed by atoms with Gasteiger partial charge in [-0.05, 0) is 30.3 Å². The lowest BCUT2D eigenvalue weighted by Gasteiger charge is -2.02. The van der Waals surface area contributed by atoms with E-state index in [9.17, 15) is 4.79 Å². The molecule has 0 atom stereocenters. The van der Waals surface area contributed by atoms with Crippen molar-refractivity contribution in [2.24, 2.45) is 0 Å². The molecule has 0 N–H and O–H groups in total. The van der Waals surface area contributed by atoms with Crippen molar-refractivity contribution < 1.29 is 28.2 Å². The lowest BCUT2D eigenvalue weighted by molar-refractivity contribution is -0.128. The van der Waals surface area contributed by atoms with Crippen LogP contribution in [0.5, 0.6) is 23.0 Å². The minimum Gasteiger partial charge on any atom is -0.493 e. The van der Waals surface area contributed by atoms with E-state index in [1.54, 1.807) is 31.4 Å². The van der Waals surface area contributed by atoms with Crippen molar-refractivity contribution in [1.29, 1.82) is 0 Å². The van der Waals surface area contributed by atoms with Gasteiger partial charge in [-0.2, -0.15) is 0 Å². The maximum Gasteiger partial charge on any atom is 0.336 e. The van der Waals surface area contributed by atoms with Gasteiger partial charge in [-0.15, -0.1) is 0 Å². The van der Waals surface area contributed by atoms with Gasteiger partial charge >= 0.3 is 5.97 Å². The topological polar surface area (TPSA) is 67.1 Å². The minimum atomic E-state index is -0.522. The van der Waals surface area contributed by atoms with Crippen molar-refractivity contribution in [3.63, 3.8) is 0 Å². The summed E-state index contributed by atoms with van der Waals surface area (Å²) in [5.41, 5.74) is 0.633. The van der Waals surface area contributed by atoms with Crippen molar-refractivity contribution in [2.75, 3.05) is 13.9 Å². The number of carbonyl (C=O) groups excluding carboxylic acids is 1. The molecule has 0 amide bonds. The van der Waals surface area contributed by atoms with E-state index in [1.807, 2.05) is 24.3 Å². The average molecular weight is 338 g/mol. The quantitative estimate of drug-likeness (QED) is 0.410. The summed E-state index contributed by atoms with van der Waals surface area (Å²) < 4.78 is 26.7. The summed E-state index contributed by atoms with van der Waals surface area (Å²) in [6, 6.07) is 12.4. The van der Waals surface area contributed by atoms with Crippen molar-refractivity contribution >= 4 is 23.0 Å². The van der Waals surface area contributed by atoms with E-state index in [4.69, 9.17) is 23.4 Å². The van der Waals surface area contributed by atoms with Gasteiger partial charge < -0.3 is 23.4 Å². The summed E-state index contributed by atoms with van der Waals surface area (Å²) in [6.45, 7) is 0.169. The second kappa shape index (κ2) is 6.24. The molecule has 1 aromatic heterocycles. The maximum atomic E-state index is 12.0. The number of methoxy groups -OCH3 is 1. The predicted molar refractivity (Wildman–Crippen MR) is 90.0 cm³/mol. The molecule has 25 heavy (non-hydrogen) atoms. The maximum absolute atomic E-state index is 12.0. The van der Waals surface area contributed by atoms with E-state index in [-0.39, 0.29) is 6.79 Å². The largest absolute Gasteiger partial charge is 0.493 e. The molecule has 2 aromatic carbocycles. The molecular weight excluding hydrogens is 324 g/mol. The highest BCUT2D eigenvalue weighted by atomic mass is 16.7.